The predicted molar refractivity (Wildman–Crippen MR) is 160 cm³/mol. The van der Waals surface area contributed by atoms with Crippen molar-refractivity contribution in [1.29, 1.82) is 0 Å². The monoisotopic (exact) mass is 597 g/mol. The van der Waals surface area contributed by atoms with Crippen LogP contribution in [0.15, 0.2) is 0 Å². The molecule has 5 N–H and O–H groups in total. The molecule has 5 amide bonds. The molecule has 41 heavy (non-hydrogen) atoms. The molecule has 11 nitrogen and oxygen atoms in total. The van der Waals surface area contributed by atoms with Crippen molar-refractivity contribution in [3.63, 3.8) is 0 Å². The van der Waals surface area contributed by atoms with Crippen LogP contribution in [0, 0.1) is 0 Å². The standard InChI is InChI=1S/C29H51N5O6S/c1-40-27(38)17-7-4-12-20-31-25(36)15-5-2-10-18-30-24(35)14-6-3-11-19-32-26(37)16-9-8-13-23-28-22(21-41-23)33-29(39)34-28/h22-23,28H,2-21H2,1H3,(H,30,35)(H,31,36)(H,32,37)(H2,33,34,39). The number of fused-ring (bicyclic) bond motifs is 1. The molecule has 3 atom stereocenters. The van der Waals surface area contributed by atoms with Gasteiger partial charge in [0.05, 0.1) is 19.2 Å². The molecule has 0 aromatic heterocycles. The summed E-state index contributed by atoms with van der Waals surface area (Å²) in [7, 11) is 1.39. The van der Waals surface area contributed by atoms with Crippen molar-refractivity contribution in [1.82, 2.24) is 26.6 Å². The Labute approximate surface area is 249 Å². The van der Waals surface area contributed by atoms with E-state index in [0.29, 0.717) is 50.6 Å². The van der Waals surface area contributed by atoms with Crippen LogP contribution in [-0.2, 0) is 23.9 Å². The Morgan fingerprint density at radius 1 is 0.707 bits per heavy atom. The van der Waals surface area contributed by atoms with Gasteiger partial charge in [-0.2, -0.15) is 11.8 Å². The minimum Gasteiger partial charge on any atom is -0.469 e. The number of hydrogen-bond donors (Lipinski definition) is 5. The number of nitrogens with one attached hydrogen (secondary N) is 5. The summed E-state index contributed by atoms with van der Waals surface area (Å²) in [4.78, 5) is 58.4. The molecule has 0 radical (unpaired) electrons. The van der Waals surface area contributed by atoms with Crippen LogP contribution in [0.5, 0.6) is 0 Å². The smallest absolute Gasteiger partial charge is 0.315 e. The first kappa shape index (κ1) is 34.7. The van der Waals surface area contributed by atoms with Gasteiger partial charge in [-0.3, -0.25) is 19.2 Å². The van der Waals surface area contributed by atoms with Gasteiger partial charge in [-0.05, 0) is 51.4 Å². The lowest BCUT2D eigenvalue weighted by Crippen LogP contribution is -2.36. The SMILES string of the molecule is COC(=O)CCCCCNC(=O)CCCCCNC(=O)CCCCCNC(=O)CCCCC1SCC2NC(=O)NC21. The Kier molecular flexibility index (Phi) is 18.0. The van der Waals surface area contributed by atoms with E-state index in [0.717, 1.165) is 82.8 Å². The molecule has 12 heteroatoms. The van der Waals surface area contributed by atoms with Crippen LogP contribution in [0.4, 0.5) is 4.79 Å². The lowest BCUT2D eigenvalue weighted by atomic mass is 10.0. The number of thioether (sulfide) groups is 1. The molecule has 3 unspecified atom stereocenters. The molecule has 0 aromatic rings. The first-order valence-electron chi connectivity index (χ1n) is 15.4. The normalized spacial score (nSPS) is 19.1. The number of urea groups is 1. The Balaban J connectivity index is 1.30. The first-order valence-corrected chi connectivity index (χ1v) is 16.5. The van der Waals surface area contributed by atoms with E-state index in [4.69, 9.17) is 0 Å². The highest BCUT2D eigenvalue weighted by Crippen LogP contribution is 2.33. The van der Waals surface area contributed by atoms with E-state index in [1.165, 1.54) is 7.11 Å². The Hall–Kier alpha value is -2.50. The number of esters is 1. The molecular weight excluding hydrogens is 546 g/mol. The Morgan fingerprint density at radius 3 is 1.71 bits per heavy atom. The average molecular weight is 598 g/mol. The highest BCUT2D eigenvalue weighted by molar-refractivity contribution is 8.00. The first-order chi connectivity index (χ1) is 19.9. The Bertz CT molecular complexity index is 830. The largest absolute Gasteiger partial charge is 0.469 e. The predicted octanol–water partition coefficient (Wildman–Crippen LogP) is 2.92. The van der Waals surface area contributed by atoms with Crippen molar-refractivity contribution in [2.45, 2.75) is 120 Å². The van der Waals surface area contributed by atoms with E-state index in [2.05, 4.69) is 31.3 Å². The molecular formula is C29H51N5O6S. The molecule has 2 aliphatic rings. The molecule has 0 aliphatic carbocycles. The zero-order chi connectivity index (χ0) is 29.7. The van der Waals surface area contributed by atoms with Crippen LogP contribution in [-0.4, -0.2) is 79.6 Å². The van der Waals surface area contributed by atoms with Gasteiger partial charge in [-0.1, -0.05) is 25.7 Å². The second-order valence-corrected chi connectivity index (χ2v) is 12.2. The number of carbonyl (C=O) groups is 5. The van der Waals surface area contributed by atoms with Crippen molar-refractivity contribution in [2.75, 3.05) is 32.5 Å². The lowest BCUT2D eigenvalue weighted by molar-refractivity contribution is -0.140. The number of rotatable bonds is 23. The van der Waals surface area contributed by atoms with Gasteiger partial charge in [0.25, 0.3) is 0 Å². The number of methoxy groups -OCH3 is 1. The van der Waals surface area contributed by atoms with Crippen molar-refractivity contribution in [2.24, 2.45) is 0 Å². The molecule has 2 aliphatic heterocycles. The number of ether oxygens (including phenoxy) is 1. The van der Waals surface area contributed by atoms with Gasteiger partial charge in [-0.25, -0.2) is 4.79 Å². The molecule has 0 saturated carbocycles. The van der Waals surface area contributed by atoms with Gasteiger partial charge < -0.3 is 31.3 Å². The third kappa shape index (κ3) is 15.9. The minimum absolute atomic E-state index is 0.0499. The van der Waals surface area contributed by atoms with Crippen molar-refractivity contribution in [3.05, 3.63) is 0 Å². The summed E-state index contributed by atoms with van der Waals surface area (Å²) in [6.45, 7) is 1.90. The number of hydrogen-bond acceptors (Lipinski definition) is 7. The molecule has 2 rings (SSSR count). The molecule has 234 valence electrons. The average Bonchev–Trinajstić information content (AvgIpc) is 3.51. The third-order valence-corrected chi connectivity index (χ3v) is 9.00. The summed E-state index contributed by atoms with van der Waals surface area (Å²) in [5, 5.41) is 15.2. The summed E-state index contributed by atoms with van der Waals surface area (Å²) in [5.74, 6) is 0.953. The zero-order valence-electron chi connectivity index (χ0n) is 24.7. The summed E-state index contributed by atoms with van der Waals surface area (Å²) in [6.07, 6.45) is 12.4. The van der Waals surface area contributed by atoms with Gasteiger partial charge in [0.15, 0.2) is 0 Å². The second kappa shape index (κ2) is 21.2. The molecule has 0 spiro atoms. The van der Waals surface area contributed by atoms with E-state index < -0.39 is 0 Å². The van der Waals surface area contributed by atoms with Gasteiger partial charge in [-0.15, -0.1) is 0 Å². The van der Waals surface area contributed by atoms with E-state index in [-0.39, 0.29) is 41.8 Å². The molecule has 2 saturated heterocycles. The zero-order valence-corrected chi connectivity index (χ0v) is 25.5. The summed E-state index contributed by atoms with van der Waals surface area (Å²) in [6, 6.07) is 0.412. The van der Waals surface area contributed by atoms with Gasteiger partial charge >= 0.3 is 12.0 Å². The van der Waals surface area contributed by atoms with E-state index >= 15 is 0 Å². The van der Waals surface area contributed by atoms with Crippen LogP contribution in [0.1, 0.15) is 103 Å². The summed E-state index contributed by atoms with van der Waals surface area (Å²) >= 11 is 1.90. The second-order valence-electron chi connectivity index (χ2n) is 10.9. The number of unbranched alkanes of at least 4 members (excludes halogenated alkanes) is 7. The summed E-state index contributed by atoms with van der Waals surface area (Å²) < 4.78 is 4.60. The van der Waals surface area contributed by atoms with Gasteiger partial charge in [0, 0.05) is 56.3 Å². The fourth-order valence-corrected chi connectivity index (χ4v) is 6.61. The van der Waals surface area contributed by atoms with Crippen molar-refractivity contribution < 1.29 is 28.7 Å². The van der Waals surface area contributed by atoms with Crippen LogP contribution in [0.2, 0.25) is 0 Å². The van der Waals surface area contributed by atoms with Crippen molar-refractivity contribution >= 4 is 41.5 Å². The van der Waals surface area contributed by atoms with E-state index in [9.17, 15) is 24.0 Å². The Morgan fingerprint density at radius 2 is 1.20 bits per heavy atom. The highest BCUT2D eigenvalue weighted by Gasteiger charge is 2.42. The molecule has 0 bridgehead atoms. The van der Waals surface area contributed by atoms with Gasteiger partial charge in [0.2, 0.25) is 17.7 Å². The lowest BCUT2D eigenvalue weighted by Gasteiger charge is -2.16. The van der Waals surface area contributed by atoms with E-state index in [1.54, 1.807) is 0 Å². The topological polar surface area (TPSA) is 155 Å². The van der Waals surface area contributed by atoms with Crippen LogP contribution >= 0.6 is 11.8 Å². The van der Waals surface area contributed by atoms with Crippen molar-refractivity contribution in [3.8, 4) is 0 Å². The van der Waals surface area contributed by atoms with Crippen LogP contribution in [0.25, 0.3) is 0 Å². The molecule has 0 aromatic carbocycles. The van der Waals surface area contributed by atoms with Crippen LogP contribution < -0.4 is 26.6 Å². The summed E-state index contributed by atoms with van der Waals surface area (Å²) in [5.41, 5.74) is 0. The maximum absolute atomic E-state index is 12.1. The van der Waals surface area contributed by atoms with Gasteiger partial charge in [0.1, 0.15) is 0 Å². The fraction of sp³-hybridized carbons (Fsp3) is 0.828. The number of carbonyl (C=O) groups excluding carboxylic acids is 5. The highest BCUT2D eigenvalue weighted by atomic mass is 32.2. The molecule has 2 fully saturated rings. The third-order valence-electron chi connectivity index (χ3n) is 7.49. The maximum Gasteiger partial charge on any atom is 0.315 e. The molecule has 2 heterocycles. The van der Waals surface area contributed by atoms with E-state index in [1.807, 2.05) is 11.8 Å². The number of amides is 5. The fourth-order valence-electron chi connectivity index (χ4n) is 5.07. The van der Waals surface area contributed by atoms with Crippen LogP contribution in [0.3, 0.4) is 0 Å². The minimum atomic E-state index is -0.195. The quantitative estimate of drug-likeness (QED) is 0.0689. The maximum atomic E-state index is 12.1.